The van der Waals surface area contributed by atoms with Gasteiger partial charge < -0.3 is 15.5 Å². The predicted molar refractivity (Wildman–Crippen MR) is 116 cm³/mol. The highest BCUT2D eigenvalue weighted by atomic mass is 16.2. The molecule has 2 atom stereocenters. The summed E-state index contributed by atoms with van der Waals surface area (Å²) >= 11 is 0. The van der Waals surface area contributed by atoms with Gasteiger partial charge in [0.15, 0.2) is 0 Å². The van der Waals surface area contributed by atoms with Crippen molar-refractivity contribution in [3.8, 4) is 0 Å². The standard InChI is InChI=1S/C23H27N5O3/c1-15-8-9-16(2)18(12-15)26-20(29)14-27-19-7-5-11-25-21(19)22(30)28(23(27)31)13-17-6-3-4-10-24-17/h3-4,6,8-10,12,19,21,25H,5,7,11,13-14H2,1-2H3,(H,26,29). The smallest absolute Gasteiger partial charge is 0.324 e. The summed E-state index contributed by atoms with van der Waals surface area (Å²) in [5.41, 5.74) is 3.35. The molecule has 2 fully saturated rings. The van der Waals surface area contributed by atoms with E-state index in [0.29, 0.717) is 18.7 Å². The molecule has 1 aromatic heterocycles. The summed E-state index contributed by atoms with van der Waals surface area (Å²) in [5.74, 6) is -0.537. The van der Waals surface area contributed by atoms with Crippen LogP contribution in [0.3, 0.4) is 0 Å². The van der Waals surface area contributed by atoms with Gasteiger partial charge in [-0.3, -0.25) is 19.5 Å². The van der Waals surface area contributed by atoms with Gasteiger partial charge in [0.2, 0.25) is 11.8 Å². The summed E-state index contributed by atoms with van der Waals surface area (Å²) in [6.07, 6.45) is 3.16. The van der Waals surface area contributed by atoms with E-state index in [1.165, 1.54) is 9.80 Å². The van der Waals surface area contributed by atoms with Crippen molar-refractivity contribution >= 4 is 23.5 Å². The van der Waals surface area contributed by atoms with Crippen molar-refractivity contribution in [3.63, 3.8) is 0 Å². The number of urea groups is 1. The molecule has 4 amide bonds. The van der Waals surface area contributed by atoms with E-state index in [-0.39, 0.29) is 30.9 Å². The highest BCUT2D eigenvalue weighted by Gasteiger charge is 2.47. The number of benzene rings is 1. The first-order valence-corrected chi connectivity index (χ1v) is 10.6. The van der Waals surface area contributed by atoms with Crippen LogP contribution in [0, 0.1) is 13.8 Å². The van der Waals surface area contributed by atoms with Crippen LogP contribution in [0.15, 0.2) is 42.6 Å². The minimum Gasteiger partial charge on any atom is -0.324 e. The highest BCUT2D eigenvalue weighted by molar-refractivity contribution is 6.03. The maximum atomic E-state index is 13.3. The van der Waals surface area contributed by atoms with E-state index >= 15 is 0 Å². The summed E-state index contributed by atoms with van der Waals surface area (Å²) in [5, 5.41) is 6.16. The van der Waals surface area contributed by atoms with Crippen LogP contribution < -0.4 is 10.6 Å². The second-order valence-electron chi connectivity index (χ2n) is 8.16. The van der Waals surface area contributed by atoms with E-state index in [9.17, 15) is 14.4 Å². The number of hydrogen-bond acceptors (Lipinski definition) is 5. The molecule has 1 aromatic carbocycles. The fourth-order valence-corrected chi connectivity index (χ4v) is 4.22. The van der Waals surface area contributed by atoms with Crippen LogP contribution in [-0.4, -0.2) is 57.8 Å². The Hall–Kier alpha value is -3.26. The number of nitrogens with zero attached hydrogens (tertiary/aromatic N) is 3. The number of aryl methyl sites for hydroxylation is 2. The Morgan fingerprint density at radius 2 is 2.06 bits per heavy atom. The number of imide groups is 1. The van der Waals surface area contributed by atoms with Crippen LogP contribution in [-0.2, 0) is 16.1 Å². The van der Waals surface area contributed by atoms with Crippen LogP contribution in [0.1, 0.15) is 29.7 Å². The summed E-state index contributed by atoms with van der Waals surface area (Å²) in [4.78, 5) is 46.2. The monoisotopic (exact) mass is 421 g/mol. The zero-order chi connectivity index (χ0) is 22.0. The quantitative estimate of drug-likeness (QED) is 0.772. The molecule has 0 radical (unpaired) electrons. The Morgan fingerprint density at radius 1 is 1.23 bits per heavy atom. The lowest BCUT2D eigenvalue weighted by Gasteiger charge is -2.46. The lowest BCUT2D eigenvalue weighted by molar-refractivity contribution is -0.138. The fraction of sp³-hybridized carbons (Fsp3) is 0.391. The van der Waals surface area contributed by atoms with E-state index in [0.717, 1.165) is 23.2 Å². The molecule has 2 saturated heterocycles. The summed E-state index contributed by atoms with van der Waals surface area (Å²) in [7, 11) is 0. The minimum absolute atomic E-state index is 0.0819. The largest absolute Gasteiger partial charge is 0.327 e. The van der Waals surface area contributed by atoms with Gasteiger partial charge in [-0.15, -0.1) is 0 Å². The molecule has 2 aliphatic heterocycles. The number of amides is 4. The zero-order valence-electron chi connectivity index (χ0n) is 17.8. The van der Waals surface area contributed by atoms with Crippen LogP contribution >= 0.6 is 0 Å². The molecule has 0 bridgehead atoms. The number of hydrogen-bond donors (Lipinski definition) is 2. The van der Waals surface area contributed by atoms with Crippen molar-refractivity contribution in [2.24, 2.45) is 0 Å². The number of rotatable bonds is 5. The van der Waals surface area contributed by atoms with Gasteiger partial charge in [-0.1, -0.05) is 18.2 Å². The molecule has 4 rings (SSSR count). The van der Waals surface area contributed by atoms with Gasteiger partial charge in [-0.2, -0.15) is 0 Å². The molecule has 31 heavy (non-hydrogen) atoms. The second kappa shape index (κ2) is 8.85. The van der Waals surface area contributed by atoms with Crippen LogP contribution in [0.2, 0.25) is 0 Å². The Bertz CT molecular complexity index is 994. The van der Waals surface area contributed by atoms with Gasteiger partial charge in [0.25, 0.3) is 0 Å². The third kappa shape index (κ3) is 4.44. The van der Waals surface area contributed by atoms with Crippen molar-refractivity contribution in [2.75, 3.05) is 18.4 Å². The molecule has 2 aromatic rings. The minimum atomic E-state index is -0.510. The number of nitrogens with one attached hydrogen (secondary N) is 2. The number of carbonyl (C=O) groups excluding carboxylic acids is 3. The molecular weight excluding hydrogens is 394 g/mol. The number of carbonyl (C=O) groups is 3. The SMILES string of the molecule is Cc1ccc(C)c(NC(=O)CN2C(=O)N(Cc3ccccn3)C(=O)C3NCCCC32)c1. The van der Waals surface area contributed by atoms with E-state index in [4.69, 9.17) is 0 Å². The summed E-state index contributed by atoms with van der Waals surface area (Å²) in [6.45, 7) is 4.57. The number of piperidine rings is 1. The third-order valence-corrected chi connectivity index (χ3v) is 5.86. The molecule has 3 heterocycles. The van der Waals surface area contributed by atoms with Crippen molar-refractivity contribution in [2.45, 2.75) is 45.3 Å². The zero-order valence-corrected chi connectivity index (χ0v) is 17.8. The molecule has 0 aliphatic carbocycles. The average molecular weight is 422 g/mol. The van der Waals surface area contributed by atoms with Gasteiger partial charge in [-0.05, 0) is 62.6 Å². The number of aromatic nitrogens is 1. The molecular formula is C23H27N5O3. The van der Waals surface area contributed by atoms with Gasteiger partial charge in [0.05, 0.1) is 18.3 Å². The number of pyridine rings is 1. The Balaban J connectivity index is 1.55. The van der Waals surface area contributed by atoms with E-state index in [1.54, 1.807) is 18.3 Å². The van der Waals surface area contributed by atoms with Gasteiger partial charge in [-0.25, -0.2) is 4.79 Å². The van der Waals surface area contributed by atoms with Crippen molar-refractivity contribution < 1.29 is 14.4 Å². The van der Waals surface area contributed by atoms with Crippen LogP contribution in [0.4, 0.5) is 10.5 Å². The molecule has 8 nitrogen and oxygen atoms in total. The first-order valence-electron chi connectivity index (χ1n) is 10.6. The van der Waals surface area contributed by atoms with E-state index < -0.39 is 12.1 Å². The Labute approximate surface area is 181 Å². The van der Waals surface area contributed by atoms with Gasteiger partial charge in [0, 0.05) is 11.9 Å². The normalized spacial score (nSPS) is 21.1. The molecule has 162 valence electrons. The fourth-order valence-electron chi connectivity index (χ4n) is 4.22. The second-order valence-corrected chi connectivity index (χ2v) is 8.16. The van der Waals surface area contributed by atoms with E-state index in [2.05, 4.69) is 15.6 Å². The van der Waals surface area contributed by atoms with Crippen molar-refractivity contribution in [1.29, 1.82) is 0 Å². The lowest BCUT2D eigenvalue weighted by atomic mass is 9.93. The van der Waals surface area contributed by atoms with Gasteiger partial charge in [0.1, 0.15) is 12.6 Å². The van der Waals surface area contributed by atoms with E-state index in [1.807, 2.05) is 38.1 Å². The molecule has 0 spiro atoms. The predicted octanol–water partition coefficient (Wildman–Crippen LogP) is 2.22. The average Bonchev–Trinajstić information content (AvgIpc) is 2.77. The maximum absolute atomic E-state index is 13.3. The molecule has 2 unspecified atom stereocenters. The first kappa shape index (κ1) is 21.0. The molecule has 0 saturated carbocycles. The maximum Gasteiger partial charge on any atom is 0.327 e. The van der Waals surface area contributed by atoms with Gasteiger partial charge >= 0.3 is 6.03 Å². The molecule has 2 aliphatic rings. The summed E-state index contributed by atoms with van der Waals surface area (Å²) in [6, 6.07) is 9.93. The van der Waals surface area contributed by atoms with Crippen LogP contribution in [0.5, 0.6) is 0 Å². The number of fused-ring (bicyclic) bond motifs is 1. The Morgan fingerprint density at radius 3 is 2.84 bits per heavy atom. The third-order valence-electron chi connectivity index (χ3n) is 5.86. The Kier molecular flexibility index (Phi) is 5.99. The highest BCUT2D eigenvalue weighted by Crippen LogP contribution is 2.26. The van der Waals surface area contributed by atoms with Crippen LogP contribution in [0.25, 0.3) is 0 Å². The first-order chi connectivity index (χ1) is 14.9. The molecule has 2 N–H and O–H groups in total. The van der Waals surface area contributed by atoms with Crippen molar-refractivity contribution in [3.05, 3.63) is 59.4 Å². The topological polar surface area (TPSA) is 94.6 Å². The summed E-state index contributed by atoms with van der Waals surface area (Å²) < 4.78 is 0. The lowest BCUT2D eigenvalue weighted by Crippen LogP contribution is -2.70. The molecule has 8 heteroatoms. The van der Waals surface area contributed by atoms with Crippen molar-refractivity contribution in [1.82, 2.24) is 20.1 Å². The number of anilines is 1.